The summed E-state index contributed by atoms with van der Waals surface area (Å²) >= 11 is 1.50. The van der Waals surface area contributed by atoms with Crippen LogP contribution in [0.5, 0.6) is 0 Å². The summed E-state index contributed by atoms with van der Waals surface area (Å²) in [6.45, 7) is 0. The topological polar surface area (TPSA) is 84.0 Å². The third kappa shape index (κ3) is 4.65. The highest BCUT2D eigenvalue weighted by Gasteiger charge is 2.16. The van der Waals surface area contributed by atoms with Gasteiger partial charge in [0.15, 0.2) is 0 Å². The monoisotopic (exact) mass is 350 g/mol. The molecule has 3 rings (SSSR count). The average molecular weight is 350 g/mol. The van der Waals surface area contributed by atoms with Gasteiger partial charge in [-0.25, -0.2) is 9.97 Å². The molecule has 0 aliphatic heterocycles. The first-order valence-electron chi connectivity index (χ1n) is 7.43. The predicted molar refractivity (Wildman–Crippen MR) is 96.3 cm³/mol. The van der Waals surface area contributed by atoms with E-state index in [0.717, 1.165) is 9.79 Å². The second kappa shape index (κ2) is 8.07. The molecule has 0 aliphatic carbocycles. The maximum absolute atomic E-state index is 12.1. The fourth-order valence-electron chi connectivity index (χ4n) is 1.98. The van der Waals surface area contributed by atoms with Crippen molar-refractivity contribution in [3.8, 4) is 0 Å². The molecule has 1 aromatic heterocycles. The highest BCUT2D eigenvalue weighted by molar-refractivity contribution is 7.99. The summed E-state index contributed by atoms with van der Waals surface area (Å²) in [5.41, 5.74) is 0.561. The number of nitrogens with zero attached hydrogens (tertiary/aromatic N) is 2. The van der Waals surface area contributed by atoms with Crippen LogP contribution in [0.3, 0.4) is 0 Å². The molecule has 0 fully saturated rings. The Morgan fingerprint density at radius 3 is 2.16 bits per heavy atom. The van der Waals surface area contributed by atoms with Crippen LogP contribution in [0.4, 0.5) is 11.6 Å². The highest BCUT2D eigenvalue weighted by atomic mass is 32.2. The number of nitrogens with one attached hydrogen (secondary N) is 2. The smallest absolute Gasteiger partial charge is 0.316 e. The quantitative estimate of drug-likeness (QED) is 0.706. The number of hydrogen-bond acceptors (Lipinski definition) is 5. The number of aromatic nitrogens is 2. The first kappa shape index (κ1) is 16.7. The summed E-state index contributed by atoms with van der Waals surface area (Å²) in [5, 5.41) is 4.97. The molecule has 0 atom stereocenters. The third-order valence-electron chi connectivity index (χ3n) is 3.10. The second-order valence-electron chi connectivity index (χ2n) is 4.89. The Kier molecular flexibility index (Phi) is 5.38. The van der Waals surface area contributed by atoms with Crippen molar-refractivity contribution < 1.29 is 9.59 Å². The van der Waals surface area contributed by atoms with Crippen LogP contribution in [-0.4, -0.2) is 21.8 Å². The molecule has 2 N–H and O–H groups in total. The molecular weight excluding hydrogens is 336 g/mol. The summed E-state index contributed by atoms with van der Waals surface area (Å²) in [4.78, 5) is 33.7. The van der Waals surface area contributed by atoms with E-state index in [4.69, 9.17) is 0 Å². The van der Waals surface area contributed by atoms with Gasteiger partial charge in [-0.15, -0.1) is 0 Å². The summed E-state index contributed by atoms with van der Waals surface area (Å²) in [6.07, 6.45) is 2.96. The fourth-order valence-corrected chi connectivity index (χ4v) is 2.90. The maximum Gasteiger partial charge on any atom is 0.316 e. The molecule has 2 amide bonds. The van der Waals surface area contributed by atoms with Crippen molar-refractivity contribution in [3.63, 3.8) is 0 Å². The van der Waals surface area contributed by atoms with Gasteiger partial charge in [0.05, 0.1) is 5.69 Å². The van der Waals surface area contributed by atoms with E-state index in [1.807, 2.05) is 42.5 Å². The zero-order chi connectivity index (χ0) is 17.5. The Morgan fingerprint density at radius 1 is 0.760 bits per heavy atom. The van der Waals surface area contributed by atoms with Gasteiger partial charge >= 0.3 is 11.8 Å². The molecule has 0 saturated carbocycles. The molecule has 6 nitrogen and oxygen atoms in total. The number of para-hydroxylation sites is 1. The minimum absolute atomic E-state index is 0.0783. The lowest BCUT2D eigenvalue weighted by Crippen LogP contribution is -2.29. The molecule has 3 aromatic rings. The van der Waals surface area contributed by atoms with Crippen molar-refractivity contribution in [2.24, 2.45) is 0 Å². The summed E-state index contributed by atoms with van der Waals surface area (Å²) < 4.78 is 0. The van der Waals surface area contributed by atoms with Crippen molar-refractivity contribution in [2.45, 2.75) is 9.79 Å². The van der Waals surface area contributed by atoms with Crippen molar-refractivity contribution in [1.29, 1.82) is 0 Å². The van der Waals surface area contributed by atoms with Crippen molar-refractivity contribution >= 4 is 35.2 Å². The van der Waals surface area contributed by atoms with E-state index in [1.54, 1.807) is 18.2 Å². The highest BCUT2D eigenvalue weighted by Crippen LogP contribution is 2.33. The Morgan fingerprint density at radius 2 is 1.40 bits per heavy atom. The normalized spacial score (nSPS) is 10.1. The Bertz CT molecular complexity index is 873. The number of amides is 2. The summed E-state index contributed by atoms with van der Waals surface area (Å²) in [6, 6.07) is 18.7. The Balaban J connectivity index is 1.70. The zero-order valence-corrected chi connectivity index (χ0v) is 13.9. The van der Waals surface area contributed by atoms with E-state index in [0.29, 0.717) is 5.69 Å². The molecule has 0 unspecified atom stereocenters. The van der Waals surface area contributed by atoms with Crippen molar-refractivity contribution in [2.75, 3.05) is 10.6 Å². The van der Waals surface area contributed by atoms with Gasteiger partial charge in [-0.05, 0) is 30.3 Å². The van der Waals surface area contributed by atoms with Crippen LogP contribution < -0.4 is 10.6 Å². The third-order valence-corrected chi connectivity index (χ3v) is 4.19. The number of carbonyl (C=O) groups is 2. The number of hydrogen-bond donors (Lipinski definition) is 2. The first-order chi connectivity index (χ1) is 12.2. The molecule has 25 heavy (non-hydrogen) atoms. The molecule has 0 bridgehead atoms. The van der Waals surface area contributed by atoms with Crippen LogP contribution >= 0.6 is 11.8 Å². The van der Waals surface area contributed by atoms with Gasteiger partial charge in [0.1, 0.15) is 0 Å². The summed E-state index contributed by atoms with van der Waals surface area (Å²) in [5.74, 6) is -1.53. The minimum atomic E-state index is -0.828. The minimum Gasteiger partial charge on any atom is -0.317 e. The van der Waals surface area contributed by atoms with Crippen LogP contribution in [0.25, 0.3) is 0 Å². The molecular formula is C18H14N4O2S. The van der Waals surface area contributed by atoms with Crippen LogP contribution in [0, 0.1) is 0 Å². The zero-order valence-electron chi connectivity index (χ0n) is 13.0. The molecule has 124 valence electrons. The van der Waals surface area contributed by atoms with E-state index in [9.17, 15) is 9.59 Å². The average Bonchev–Trinajstić information content (AvgIpc) is 2.65. The molecule has 0 aliphatic rings. The standard InChI is InChI=1S/C18H14N4O2S/c23-16(17(24)22-18-19-11-6-12-20-18)21-14-9-4-5-10-15(14)25-13-7-2-1-3-8-13/h1-12H,(H,21,23)(H,19,20,22,24). The van der Waals surface area contributed by atoms with Crippen LogP contribution in [-0.2, 0) is 9.59 Å². The van der Waals surface area contributed by atoms with E-state index in [1.165, 1.54) is 24.2 Å². The van der Waals surface area contributed by atoms with E-state index in [-0.39, 0.29) is 5.95 Å². The lowest BCUT2D eigenvalue weighted by atomic mass is 10.3. The van der Waals surface area contributed by atoms with Crippen LogP contribution in [0.15, 0.2) is 82.8 Å². The Hall–Kier alpha value is -3.19. The van der Waals surface area contributed by atoms with Crippen LogP contribution in [0.1, 0.15) is 0 Å². The predicted octanol–water partition coefficient (Wildman–Crippen LogP) is 3.21. The Labute approximate surface area is 148 Å². The lowest BCUT2D eigenvalue weighted by Gasteiger charge is -2.10. The van der Waals surface area contributed by atoms with Crippen molar-refractivity contribution in [1.82, 2.24) is 9.97 Å². The fraction of sp³-hybridized carbons (Fsp3) is 0. The van der Waals surface area contributed by atoms with Gasteiger partial charge in [-0.1, -0.05) is 42.1 Å². The van der Waals surface area contributed by atoms with E-state index in [2.05, 4.69) is 20.6 Å². The van der Waals surface area contributed by atoms with Gasteiger partial charge in [-0.2, -0.15) is 0 Å². The van der Waals surface area contributed by atoms with Gasteiger partial charge in [-0.3, -0.25) is 14.9 Å². The molecule has 0 spiro atoms. The number of anilines is 2. The SMILES string of the molecule is O=C(Nc1ncccn1)C(=O)Nc1ccccc1Sc1ccccc1. The molecule has 0 radical (unpaired) electrons. The molecule has 2 aromatic carbocycles. The van der Waals surface area contributed by atoms with Gasteiger partial charge < -0.3 is 5.32 Å². The van der Waals surface area contributed by atoms with Gasteiger partial charge in [0.25, 0.3) is 0 Å². The van der Waals surface area contributed by atoms with Crippen LogP contribution in [0.2, 0.25) is 0 Å². The van der Waals surface area contributed by atoms with Crippen molar-refractivity contribution in [3.05, 3.63) is 73.1 Å². The second-order valence-corrected chi connectivity index (χ2v) is 6.01. The molecule has 0 saturated heterocycles. The number of benzene rings is 2. The number of rotatable bonds is 4. The van der Waals surface area contributed by atoms with E-state index >= 15 is 0 Å². The number of carbonyl (C=O) groups excluding carboxylic acids is 2. The molecule has 1 heterocycles. The molecule has 7 heteroatoms. The van der Waals surface area contributed by atoms with Gasteiger partial charge in [0, 0.05) is 22.2 Å². The lowest BCUT2D eigenvalue weighted by molar-refractivity contribution is -0.133. The largest absolute Gasteiger partial charge is 0.317 e. The van der Waals surface area contributed by atoms with Gasteiger partial charge in [0.2, 0.25) is 5.95 Å². The first-order valence-corrected chi connectivity index (χ1v) is 8.25. The summed E-state index contributed by atoms with van der Waals surface area (Å²) in [7, 11) is 0. The maximum atomic E-state index is 12.1. The van der Waals surface area contributed by atoms with E-state index < -0.39 is 11.8 Å².